The van der Waals surface area contributed by atoms with E-state index < -0.39 is 34.4 Å². The number of Topliss-reactive ketones (excluding diaryl/α,β-unsaturated/α-hetero) is 1. The zero-order chi connectivity index (χ0) is 27.5. The van der Waals surface area contributed by atoms with E-state index in [9.17, 15) is 23.5 Å². The Morgan fingerprint density at radius 2 is 1.97 bits per heavy atom. The van der Waals surface area contributed by atoms with Gasteiger partial charge in [0.15, 0.2) is 22.6 Å². The summed E-state index contributed by atoms with van der Waals surface area (Å²) >= 11 is 7.04. The van der Waals surface area contributed by atoms with Crippen LogP contribution in [0.5, 0.6) is 16.7 Å². The van der Waals surface area contributed by atoms with E-state index in [-0.39, 0.29) is 60.1 Å². The Hall–Kier alpha value is -2.48. The second-order valence-electron chi connectivity index (χ2n) is 7.21. The number of nitrogens with zero attached hydrogens (tertiary/aromatic N) is 1. The fourth-order valence-corrected chi connectivity index (χ4v) is 3.99. The zero-order valence-electron chi connectivity index (χ0n) is 20.2. The molecule has 38 heavy (non-hydrogen) atoms. The van der Waals surface area contributed by atoms with Gasteiger partial charge in [-0.25, -0.2) is 18.5 Å². The van der Waals surface area contributed by atoms with Crippen LogP contribution in [-0.4, -0.2) is 28.2 Å². The topological polar surface area (TPSA) is 143 Å². The van der Waals surface area contributed by atoms with Crippen molar-refractivity contribution in [2.24, 2.45) is 0 Å². The number of carbonyl (C=O) groups excluding carboxylic acids is 1. The number of benzene rings is 1. The molecule has 1 radical (unpaired) electrons. The van der Waals surface area contributed by atoms with E-state index in [1.54, 1.807) is 6.08 Å². The van der Waals surface area contributed by atoms with Gasteiger partial charge >= 0.3 is 5.63 Å². The van der Waals surface area contributed by atoms with E-state index in [0.29, 0.717) is 24.1 Å². The summed E-state index contributed by atoms with van der Waals surface area (Å²) in [6.45, 7) is 1.42. The molecule has 0 saturated carbocycles. The Bertz CT molecular complexity index is 1360. The summed E-state index contributed by atoms with van der Waals surface area (Å²) < 4.78 is 37.0. The molecule has 2 aromatic heterocycles. The first-order valence-electron chi connectivity index (χ1n) is 10.5. The monoisotopic (exact) mass is 644 g/mol. The molecule has 14 heteroatoms. The minimum atomic E-state index is -1.09. The van der Waals surface area contributed by atoms with Crippen molar-refractivity contribution in [3.63, 3.8) is 0 Å². The first-order chi connectivity index (χ1) is 17.6. The molecule has 1 aromatic carbocycles. The number of aromatic nitrogens is 1. The number of ketones is 1. The smallest absolute Gasteiger partial charge is 0.351 e. The third-order valence-electron chi connectivity index (χ3n) is 4.51. The van der Waals surface area contributed by atoms with Crippen molar-refractivity contribution < 1.29 is 70.7 Å². The van der Waals surface area contributed by atoms with E-state index >= 15 is 0 Å². The van der Waals surface area contributed by atoms with Gasteiger partial charge in [-0.15, -0.1) is 6.08 Å². The van der Waals surface area contributed by atoms with Gasteiger partial charge in [-0.3, -0.25) is 10.1 Å². The number of halogens is 3. The number of hydrogen-bond acceptors (Lipinski definition) is 9. The number of unbranched alkanes of at least 4 members (excludes halogenated alkanes) is 1. The minimum Gasteiger partial charge on any atom is -0.705 e. The van der Waals surface area contributed by atoms with Crippen LogP contribution in [0.1, 0.15) is 40.8 Å². The summed E-state index contributed by atoms with van der Waals surface area (Å²) in [5.74, 6) is -3.14. The van der Waals surface area contributed by atoms with Crippen LogP contribution in [0.2, 0.25) is 5.15 Å². The van der Waals surface area contributed by atoms with E-state index in [1.807, 2.05) is 0 Å². The number of allylic oxidation sites excluding steroid dienone is 2. The van der Waals surface area contributed by atoms with E-state index in [1.165, 1.54) is 32.2 Å². The number of ether oxygens (including phenoxy) is 1. The summed E-state index contributed by atoms with van der Waals surface area (Å²) in [4.78, 5) is 32.7. The SMILES string of the molecule is C/C(=C\c1sc(Oc2ccc(F)c(F)c2)nc1Cl)C(=O)c1c(O)cc(CCC/C=C/[NH-])oc1=O.COO.[Y]. The number of thiazole rings is 1. The van der Waals surface area contributed by atoms with Gasteiger partial charge in [0, 0.05) is 51.3 Å². The molecular weight excluding hydrogens is 623 g/mol. The summed E-state index contributed by atoms with van der Waals surface area (Å²) in [6, 6.07) is 4.20. The maximum atomic E-state index is 13.4. The third-order valence-corrected chi connectivity index (χ3v) is 5.79. The molecule has 9 nitrogen and oxygen atoms in total. The quantitative estimate of drug-likeness (QED) is 0.0851. The molecule has 0 bridgehead atoms. The van der Waals surface area contributed by atoms with Gasteiger partial charge in [0.25, 0.3) is 5.19 Å². The van der Waals surface area contributed by atoms with Crippen LogP contribution in [0, 0.1) is 11.6 Å². The molecule has 0 aliphatic carbocycles. The molecule has 0 aliphatic heterocycles. The predicted octanol–water partition coefficient (Wildman–Crippen LogP) is 6.80. The number of carbonyl (C=O) groups is 1. The van der Waals surface area contributed by atoms with Crippen molar-refractivity contribution in [2.75, 3.05) is 7.11 Å². The average Bonchev–Trinajstić information content (AvgIpc) is 3.17. The largest absolute Gasteiger partial charge is 0.705 e. The zero-order valence-corrected chi connectivity index (χ0v) is 24.6. The standard InChI is InChI=1S/C23H18ClF2N2O5S.CH4O2.Y/c1-12(20(30)19-17(29)11-13(32-22(19)31)5-3-2-4-8-27)9-18-21(24)28-23(34-18)33-14-6-7-15(25)16(26)10-14;1-3-2;/h4,6-11,27H,2-3,5H2,1H3,(H,29,30,31);2H,1H3;/q-1;;/b8-4+,12-9+;;. The van der Waals surface area contributed by atoms with Gasteiger partial charge < -0.3 is 20.0 Å². The van der Waals surface area contributed by atoms with Gasteiger partial charge in [0.2, 0.25) is 0 Å². The molecule has 0 aliphatic rings. The second kappa shape index (κ2) is 16.5. The van der Waals surface area contributed by atoms with Crippen molar-refractivity contribution in [1.82, 2.24) is 4.98 Å². The number of aryl methyl sites for hydroxylation is 1. The van der Waals surface area contributed by atoms with Crippen molar-refractivity contribution in [3.05, 3.63) is 91.3 Å². The van der Waals surface area contributed by atoms with Crippen LogP contribution in [0.15, 0.2) is 51.3 Å². The van der Waals surface area contributed by atoms with Crippen molar-refractivity contribution >= 4 is 34.8 Å². The molecule has 3 rings (SSSR count). The number of nitrogens with one attached hydrogen (secondary N) is 1. The van der Waals surface area contributed by atoms with Crippen LogP contribution < -0.4 is 10.4 Å². The molecule has 2 heterocycles. The Labute approximate surface area is 250 Å². The van der Waals surface area contributed by atoms with Crippen LogP contribution in [0.3, 0.4) is 0 Å². The molecule has 0 amide bonds. The van der Waals surface area contributed by atoms with Crippen molar-refractivity contribution in [2.45, 2.75) is 26.2 Å². The minimum absolute atomic E-state index is 0. The maximum Gasteiger partial charge on any atom is 0.351 e. The molecule has 201 valence electrons. The van der Waals surface area contributed by atoms with Gasteiger partial charge in [0.05, 0.1) is 12.0 Å². The van der Waals surface area contributed by atoms with Crippen LogP contribution in [-0.2, 0) is 44.0 Å². The normalized spacial score (nSPS) is 11.1. The van der Waals surface area contributed by atoms with Crippen LogP contribution in [0.25, 0.3) is 11.8 Å². The first-order valence-corrected chi connectivity index (χ1v) is 11.7. The second-order valence-corrected chi connectivity index (χ2v) is 8.56. The molecule has 0 atom stereocenters. The molecule has 0 fully saturated rings. The molecule has 0 saturated heterocycles. The van der Waals surface area contributed by atoms with Gasteiger partial charge in [-0.1, -0.05) is 22.9 Å². The fourth-order valence-electron chi connectivity index (χ4n) is 2.87. The number of hydrogen-bond donors (Lipinski definition) is 2. The van der Waals surface area contributed by atoms with Gasteiger partial charge in [-0.2, -0.15) is 11.2 Å². The van der Waals surface area contributed by atoms with Crippen LogP contribution >= 0.6 is 22.9 Å². The Morgan fingerprint density at radius 3 is 2.58 bits per heavy atom. The van der Waals surface area contributed by atoms with Crippen molar-refractivity contribution in [1.29, 1.82) is 0 Å². The summed E-state index contributed by atoms with van der Waals surface area (Å²) in [7, 11) is 1.18. The average molecular weight is 645 g/mol. The van der Waals surface area contributed by atoms with E-state index in [4.69, 9.17) is 31.7 Å². The van der Waals surface area contributed by atoms with Crippen molar-refractivity contribution in [3.8, 4) is 16.7 Å². The summed E-state index contributed by atoms with van der Waals surface area (Å²) in [6.07, 6.45) is 5.73. The predicted molar refractivity (Wildman–Crippen MR) is 134 cm³/mol. The Morgan fingerprint density at radius 1 is 1.29 bits per heavy atom. The summed E-state index contributed by atoms with van der Waals surface area (Å²) in [5, 5.41) is 17.3. The van der Waals surface area contributed by atoms with Gasteiger partial charge in [-0.05, 0) is 43.5 Å². The number of rotatable bonds is 9. The molecule has 0 unspecified atom stereocenters. The maximum absolute atomic E-state index is 13.4. The summed E-state index contributed by atoms with van der Waals surface area (Å²) in [5.41, 5.74) is 5.54. The molecule has 3 N–H and O–H groups in total. The van der Waals surface area contributed by atoms with E-state index in [2.05, 4.69) is 9.87 Å². The first kappa shape index (κ1) is 33.6. The van der Waals surface area contributed by atoms with Crippen LogP contribution in [0.4, 0.5) is 8.78 Å². The van der Waals surface area contributed by atoms with Gasteiger partial charge in [0.1, 0.15) is 22.8 Å². The number of aromatic hydroxyl groups is 1. The fraction of sp³-hybridized carbons (Fsp3) is 0.208. The Kier molecular flexibility index (Phi) is 14.5. The third kappa shape index (κ3) is 9.68. The van der Waals surface area contributed by atoms with E-state index in [0.717, 1.165) is 29.7 Å². The Balaban J connectivity index is 0.00000172. The molecule has 0 spiro atoms. The molecular formula is C24H22ClF2N2O7SY-. The molecule has 3 aromatic rings.